The van der Waals surface area contributed by atoms with Crippen molar-refractivity contribution in [3.63, 3.8) is 0 Å². The van der Waals surface area contributed by atoms with E-state index in [1.54, 1.807) is 6.07 Å². The molecule has 4 nitrogen and oxygen atoms in total. The van der Waals surface area contributed by atoms with Crippen molar-refractivity contribution in [3.05, 3.63) is 65.2 Å². The molecule has 138 valence electrons. The molecule has 2 aromatic carbocycles. The number of nitrogens with one attached hydrogen (secondary N) is 1. The van der Waals surface area contributed by atoms with Crippen LogP contribution in [0.1, 0.15) is 53.7 Å². The van der Waals surface area contributed by atoms with Gasteiger partial charge in [-0.1, -0.05) is 30.7 Å². The molecule has 1 aliphatic heterocycles. The highest BCUT2D eigenvalue weighted by Gasteiger charge is 2.12. The zero-order chi connectivity index (χ0) is 18.4. The normalized spacial score (nSPS) is 16.1. The van der Waals surface area contributed by atoms with E-state index in [0.717, 1.165) is 17.8 Å². The van der Waals surface area contributed by atoms with Gasteiger partial charge in [0.05, 0.1) is 12.7 Å². The quantitative estimate of drug-likeness (QED) is 0.770. The average Bonchev–Trinajstić information content (AvgIpc) is 2.68. The molecule has 0 saturated carbocycles. The highest BCUT2D eigenvalue weighted by Crippen LogP contribution is 2.22. The Balaban J connectivity index is 1.66. The van der Waals surface area contributed by atoms with Crippen molar-refractivity contribution in [2.24, 2.45) is 0 Å². The number of likely N-dealkylation sites (tertiary alicyclic amines) is 1. The molecule has 0 bridgehead atoms. The van der Waals surface area contributed by atoms with Crippen molar-refractivity contribution in [1.29, 1.82) is 0 Å². The molecule has 26 heavy (non-hydrogen) atoms. The van der Waals surface area contributed by atoms with Crippen LogP contribution < -0.4 is 5.32 Å². The summed E-state index contributed by atoms with van der Waals surface area (Å²) in [7, 11) is 1.41. The van der Waals surface area contributed by atoms with Crippen molar-refractivity contribution >= 4 is 11.7 Å². The van der Waals surface area contributed by atoms with E-state index >= 15 is 0 Å². The van der Waals surface area contributed by atoms with E-state index in [-0.39, 0.29) is 12.0 Å². The van der Waals surface area contributed by atoms with Crippen LogP contribution in [0.15, 0.2) is 48.5 Å². The average molecular weight is 352 g/mol. The zero-order valence-corrected chi connectivity index (χ0v) is 15.7. The number of methoxy groups -OCH3 is 1. The van der Waals surface area contributed by atoms with E-state index < -0.39 is 0 Å². The molecule has 0 aromatic heterocycles. The number of carbonyl (C=O) groups excluding carboxylic acids is 1. The first-order chi connectivity index (χ1) is 12.7. The summed E-state index contributed by atoms with van der Waals surface area (Å²) in [4.78, 5) is 14.3. The van der Waals surface area contributed by atoms with Crippen molar-refractivity contribution in [2.45, 2.75) is 38.8 Å². The molecule has 3 rings (SSSR count). The number of rotatable bonds is 6. The number of anilines is 1. The largest absolute Gasteiger partial charge is 0.465 e. The minimum Gasteiger partial charge on any atom is -0.465 e. The first-order valence-electron chi connectivity index (χ1n) is 9.42. The van der Waals surface area contributed by atoms with Gasteiger partial charge >= 0.3 is 5.97 Å². The van der Waals surface area contributed by atoms with Gasteiger partial charge in [0.2, 0.25) is 0 Å². The molecule has 0 spiro atoms. The Bertz CT molecular complexity index is 738. The molecular weight excluding hydrogens is 324 g/mol. The molecule has 0 aliphatic carbocycles. The SMILES string of the molecule is COC(=O)c1cccc(C(C)Nc2cccc(CN3CCCCC3)c2)c1. The van der Waals surface area contributed by atoms with Crippen molar-refractivity contribution in [3.8, 4) is 0 Å². The van der Waals surface area contributed by atoms with Crippen LogP contribution in [0, 0.1) is 0 Å². The molecule has 0 amide bonds. The van der Waals surface area contributed by atoms with Crippen LogP contribution in [0.25, 0.3) is 0 Å². The Morgan fingerprint density at radius 2 is 1.88 bits per heavy atom. The maximum Gasteiger partial charge on any atom is 0.337 e. The summed E-state index contributed by atoms with van der Waals surface area (Å²) in [6, 6.07) is 16.3. The number of hydrogen-bond acceptors (Lipinski definition) is 4. The molecule has 1 atom stereocenters. The maximum atomic E-state index is 11.7. The summed E-state index contributed by atoms with van der Waals surface area (Å²) in [6.45, 7) is 5.53. The van der Waals surface area contributed by atoms with Crippen LogP contribution in [0.5, 0.6) is 0 Å². The third-order valence-electron chi connectivity index (χ3n) is 4.97. The fourth-order valence-electron chi connectivity index (χ4n) is 3.52. The molecule has 1 aliphatic rings. The van der Waals surface area contributed by atoms with Gasteiger partial charge in [-0.15, -0.1) is 0 Å². The van der Waals surface area contributed by atoms with Crippen LogP contribution >= 0.6 is 0 Å². The van der Waals surface area contributed by atoms with Crippen LogP contribution in [-0.2, 0) is 11.3 Å². The summed E-state index contributed by atoms with van der Waals surface area (Å²) in [5.41, 5.74) is 4.09. The lowest BCUT2D eigenvalue weighted by atomic mass is 10.0. The van der Waals surface area contributed by atoms with Gasteiger partial charge in [0.1, 0.15) is 0 Å². The van der Waals surface area contributed by atoms with Gasteiger partial charge in [0.25, 0.3) is 0 Å². The van der Waals surface area contributed by atoms with Crippen LogP contribution in [-0.4, -0.2) is 31.1 Å². The smallest absolute Gasteiger partial charge is 0.337 e. The number of ether oxygens (including phenoxy) is 1. The monoisotopic (exact) mass is 352 g/mol. The zero-order valence-electron chi connectivity index (χ0n) is 15.7. The molecule has 1 unspecified atom stereocenters. The van der Waals surface area contributed by atoms with E-state index in [0.29, 0.717) is 5.56 Å². The fourth-order valence-corrected chi connectivity index (χ4v) is 3.52. The maximum absolute atomic E-state index is 11.7. The molecule has 1 saturated heterocycles. The van der Waals surface area contributed by atoms with E-state index in [9.17, 15) is 4.79 Å². The predicted octanol–water partition coefficient (Wildman–Crippen LogP) is 4.63. The second kappa shape index (κ2) is 8.86. The van der Waals surface area contributed by atoms with E-state index in [4.69, 9.17) is 4.74 Å². The Kier molecular flexibility index (Phi) is 6.29. The van der Waals surface area contributed by atoms with Gasteiger partial charge in [-0.05, 0) is 68.2 Å². The topological polar surface area (TPSA) is 41.6 Å². The second-order valence-corrected chi connectivity index (χ2v) is 7.02. The van der Waals surface area contributed by atoms with E-state index in [1.807, 2.05) is 18.2 Å². The minimum atomic E-state index is -0.303. The van der Waals surface area contributed by atoms with Crippen molar-refractivity contribution < 1.29 is 9.53 Å². The molecule has 4 heteroatoms. The van der Waals surface area contributed by atoms with Gasteiger partial charge in [-0.2, -0.15) is 0 Å². The highest BCUT2D eigenvalue weighted by atomic mass is 16.5. The van der Waals surface area contributed by atoms with E-state index in [2.05, 4.69) is 41.4 Å². The lowest BCUT2D eigenvalue weighted by Gasteiger charge is -2.26. The van der Waals surface area contributed by atoms with Crippen molar-refractivity contribution in [2.75, 3.05) is 25.5 Å². The summed E-state index contributed by atoms with van der Waals surface area (Å²) < 4.78 is 4.81. The Morgan fingerprint density at radius 3 is 2.65 bits per heavy atom. The Morgan fingerprint density at radius 1 is 1.12 bits per heavy atom. The number of nitrogens with zero attached hydrogens (tertiary/aromatic N) is 1. The second-order valence-electron chi connectivity index (χ2n) is 7.02. The van der Waals surface area contributed by atoms with Gasteiger partial charge < -0.3 is 10.1 Å². The molecule has 1 N–H and O–H groups in total. The fraction of sp³-hybridized carbons (Fsp3) is 0.409. The summed E-state index contributed by atoms with van der Waals surface area (Å²) >= 11 is 0. The summed E-state index contributed by atoms with van der Waals surface area (Å²) in [5.74, 6) is -0.303. The van der Waals surface area contributed by atoms with Gasteiger partial charge in [-0.25, -0.2) is 4.79 Å². The lowest BCUT2D eigenvalue weighted by Crippen LogP contribution is -2.29. The number of hydrogen-bond donors (Lipinski definition) is 1. The van der Waals surface area contributed by atoms with Crippen LogP contribution in [0.4, 0.5) is 5.69 Å². The van der Waals surface area contributed by atoms with Gasteiger partial charge in [0, 0.05) is 18.3 Å². The minimum absolute atomic E-state index is 0.102. The molecule has 1 heterocycles. The first-order valence-corrected chi connectivity index (χ1v) is 9.42. The summed E-state index contributed by atoms with van der Waals surface area (Å²) in [6.07, 6.45) is 3.98. The molecular formula is C22H28N2O2. The number of esters is 1. The lowest BCUT2D eigenvalue weighted by molar-refractivity contribution is 0.0600. The number of benzene rings is 2. The molecule has 1 fully saturated rings. The van der Waals surface area contributed by atoms with Crippen LogP contribution in [0.3, 0.4) is 0 Å². The third-order valence-corrected chi connectivity index (χ3v) is 4.97. The predicted molar refractivity (Wildman–Crippen MR) is 105 cm³/mol. The van der Waals surface area contributed by atoms with Gasteiger partial charge in [-0.3, -0.25) is 4.90 Å². The number of carbonyl (C=O) groups is 1. The standard InChI is InChI=1S/C22H28N2O2/c1-17(19-9-7-10-20(15-19)22(25)26-2)23-21-11-6-8-18(14-21)16-24-12-4-3-5-13-24/h6-11,14-15,17,23H,3-5,12-13,16H2,1-2H3. The van der Waals surface area contributed by atoms with Crippen molar-refractivity contribution in [1.82, 2.24) is 4.90 Å². The Hall–Kier alpha value is -2.33. The molecule has 0 radical (unpaired) electrons. The van der Waals surface area contributed by atoms with E-state index in [1.165, 1.54) is 45.0 Å². The third kappa shape index (κ3) is 4.85. The highest BCUT2D eigenvalue weighted by molar-refractivity contribution is 5.89. The van der Waals surface area contributed by atoms with Gasteiger partial charge in [0.15, 0.2) is 0 Å². The summed E-state index contributed by atoms with van der Waals surface area (Å²) in [5, 5.41) is 3.55. The Labute approximate surface area is 156 Å². The molecule has 2 aromatic rings. The first kappa shape index (κ1) is 18.5. The van der Waals surface area contributed by atoms with Crippen LogP contribution in [0.2, 0.25) is 0 Å². The number of piperidine rings is 1.